The van der Waals surface area contributed by atoms with Crippen molar-refractivity contribution in [3.05, 3.63) is 29.3 Å². The topological polar surface area (TPSA) is 94.2 Å². The molecule has 1 heterocycles. The Morgan fingerprint density at radius 2 is 1.82 bits per heavy atom. The van der Waals surface area contributed by atoms with Gasteiger partial charge >= 0.3 is 11.9 Å². The summed E-state index contributed by atoms with van der Waals surface area (Å²) in [5.74, 6) is -2.75. The molecule has 1 aromatic rings. The minimum absolute atomic E-state index is 0.286. The predicted molar refractivity (Wildman–Crippen MR) is 57.7 cm³/mol. The number of nitrogens with two attached hydrogens (primary N) is 1. The van der Waals surface area contributed by atoms with Crippen molar-refractivity contribution < 1.29 is 19.3 Å². The number of carbonyl (C=O) groups excluding carboxylic acids is 2. The highest BCUT2D eigenvalue weighted by Crippen LogP contribution is 2.19. The highest BCUT2D eigenvalue weighted by molar-refractivity contribution is 6.31. The lowest BCUT2D eigenvalue weighted by molar-refractivity contribution is -0.166. The molecule has 2 N–H and O–H groups in total. The lowest BCUT2D eigenvalue weighted by atomic mass is 10.3. The van der Waals surface area contributed by atoms with Crippen molar-refractivity contribution in [1.82, 2.24) is 0 Å². The van der Waals surface area contributed by atoms with Crippen molar-refractivity contribution in [1.29, 1.82) is 0 Å². The third kappa shape index (κ3) is 2.28. The summed E-state index contributed by atoms with van der Waals surface area (Å²) >= 11 is 5.70. The number of hydroxylamine groups is 1. The van der Waals surface area contributed by atoms with Gasteiger partial charge in [0.1, 0.15) is 0 Å². The maximum absolute atomic E-state index is 11.1. The van der Waals surface area contributed by atoms with Crippen molar-refractivity contribution in [3.8, 4) is 0 Å². The number of oxime groups is 1. The van der Waals surface area contributed by atoms with E-state index in [9.17, 15) is 9.59 Å². The van der Waals surface area contributed by atoms with Gasteiger partial charge in [-0.05, 0) is 29.4 Å². The standard InChI is InChI=1S/C9H6ClN3O4/c10-5-1-3-6(4-2-5)13-9(11)12-16-7(14)8(15)17-13/h1-4H,(H2,11,12). The van der Waals surface area contributed by atoms with Gasteiger partial charge < -0.3 is 15.4 Å². The van der Waals surface area contributed by atoms with E-state index in [1.165, 1.54) is 12.1 Å². The average Bonchev–Trinajstić information content (AvgIpc) is 2.44. The van der Waals surface area contributed by atoms with Gasteiger partial charge in [0.2, 0.25) is 0 Å². The fraction of sp³-hybridized carbons (Fsp3) is 0. The zero-order valence-electron chi connectivity index (χ0n) is 8.29. The Balaban J connectivity index is 2.33. The first-order valence-electron chi connectivity index (χ1n) is 4.40. The molecular weight excluding hydrogens is 250 g/mol. The first-order valence-corrected chi connectivity index (χ1v) is 4.78. The number of halogens is 1. The highest BCUT2D eigenvalue weighted by atomic mass is 35.5. The molecule has 17 heavy (non-hydrogen) atoms. The van der Waals surface area contributed by atoms with E-state index in [-0.39, 0.29) is 5.96 Å². The molecule has 88 valence electrons. The van der Waals surface area contributed by atoms with Crippen LogP contribution in [0.5, 0.6) is 0 Å². The summed E-state index contributed by atoms with van der Waals surface area (Å²) in [5, 5.41) is 4.59. The number of guanidine groups is 1. The fourth-order valence-electron chi connectivity index (χ4n) is 1.09. The van der Waals surface area contributed by atoms with E-state index in [2.05, 4.69) is 14.8 Å². The van der Waals surface area contributed by atoms with E-state index in [0.29, 0.717) is 10.7 Å². The van der Waals surface area contributed by atoms with E-state index in [1.54, 1.807) is 12.1 Å². The van der Waals surface area contributed by atoms with Gasteiger partial charge in [0.25, 0.3) is 5.96 Å². The molecule has 0 aliphatic carbocycles. The zero-order valence-corrected chi connectivity index (χ0v) is 9.05. The molecule has 0 fully saturated rings. The van der Waals surface area contributed by atoms with Crippen LogP contribution in [0.3, 0.4) is 0 Å². The molecule has 0 saturated carbocycles. The Labute approximate surface area is 100 Å². The summed E-state index contributed by atoms with van der Waals surface area (Å²) in [6.45, 7) is 0. The molecule has 0 unspecified atom stereocenters. The van der Waals surface area contributed by atoms with E-state index < -0.39 is 11.9 Å². The van der Waals surface area contributed by atoms with Crippen LogP contribution in [0.4, 0.5) is 5.69 Å². The summed E-state index contributed by atoms with van der Waals surface area (Å²) in [6, 6.07) is 6.19. The molecule has 7 nitrogen and oxygen atoms in total. The minimum Gasteiger partial charge on any atom is -0.364 e. The van der Waals surface area contributed by atoms with Gasteiger partial charge in [0.15, 0.2) is 0 Å². The number of benzene rings is 1. The molecule has 8 heteroatoms. The number of nitrogens with zero attached hydrogens (tertiary/aromatic N) is 2. The lowest BCUT2D eigenvalue weighted by Crippen LogP contribution is -2.38. The maximum atomic E-state index is 11.1. The maximum Gasteiger partial charge on any atom is 0.445 e. The van der Waals surface area contributed by atoms with Crippen molar-refractivity contribution in [3.63, 3.8) is 0 Å². The summed E-state index contributed by atoms with van der Waals surface area (Å²) in [4.78, 5) is 30.9. The summed E-state index contributed by atoms with van der Waals surface area (Å²) in [6.07, 6.45) is 0. The second-order valence-corrected chi connectivity index (χ2v) is 3.41. The number of hydrogen-bond acceptors (Lipinski definition) is 7. The predicted octanol–water partition coefficient (Wildman–Crippen LogP) is 0.391. The molecule has 0 spiro atoms. The normalized spacial score (nSPS) is 15.8. The third-order valence-corrected chi connectivity index (χ3v) is 2.08. The number of rotatable bonds is 1. The van der Waals surface area contributed by atoms with Crippen LogP contribution in [0.25, 0.3) is 0 Å². The second-order valence-electron chi connectivity index (χ2n) is 2.98. The third-order valence-electron chi connectivity index (χ3n) is 1.83. The molecule has 1 aliphatic rings. The van der Waals surface area contributed by atoms with Crippen LogP contribution >= 0.6 is 11.6 Å². The molecule has 0 atom stereocenters. The fourth-order valence-corrected chi connectivity index (χ4v) is 1.22. The molecule has 0 saturated heterocycles. The monoisotopic (exact) mass is 255 g/mol. The van der Waals surface area contributed by atoms with Crippen LogP contribution in [0.1, 0.15) is 0 Å². The minimum atomic E-state index is -1.25. The first-order chi connectivity index (χ1) is 8.08. The highest BCUT2D eigenvalue weighted by Gasteiger charge is 2.28. The van der Waals surface area contributed by atoms with Gasteiger partial charge in [-0.2, -0.15) is 0 Å². The number of anilines is 1. The van der Waals surface area contributed by atoms with Crippen LogP contribution in [-0.2, 0) is 19.3 Å². The summed E-state index contributed by atoms with van der Waals surface area (Å²) < 4.78 is 0. The molecule has 0 aromatic heterocycles. The van der Waals surface area contributed by atoms with Crippen molar-refractivity contribution in [2.45, 2.75) is 0 Å². The smallest absolute Gasteiger partial charge is 0.364 e. The Morgan fingerprint density at radius 1 is 1.18 bits per heavy atom. The van der Waals surface area contributed by atoms with Gasteiger partial charge in [-0.25, -0.2) is 9.59 Å². The van der Waals surface area contributed by atoms with Gasteiger partial charge in [0, 0.05) is 5.02 Å². The van der Waals surface area contributed by atoms with Crippen LogP contribution in [-0.4, -0.2) is 17.9 Å². The van der Waals surface area contributed by atoms with Crippen LogP contribution in [0.15, 0.2) is 29.4 Å². The van der Waals surface area contributed by atoms with Gasteiger partial charge in [-0.1, -0.05) is 11.6 Å². The van der Waals surface area contributed by atoms with E-state index in [1.807, 2.05) is 0 Å². The van der Waals surface area contributed by atoms with Crippen molar-refractivity contribution in [2.24, 2.45) is 10.9 Å². The molecule has 1 aromatic carbocycles. The second kappa shape index (κ2) is 4.30. The molecule has 0 bridgehead atoms. The quantitative estimate of drug-likeness (QED) is 0.576. The van der Waals surface area contributed by atoms with Crippen LogP contribution in [0.2, 0.25) is 5.02 Å². The van der Waals surface area contributed by atoms with Gasteiger partial charge in [0.05, 0.1) is 5.69 Å². The summed E-state index contributed by atoms with van der Waals surface area (Å²) in [5.41, 5.74) is 5.84. The van der Waals surface area contributed by atoms with Crippen LogP contribution in [0, 0.1) is 0 Å². The molecule has 2 rings (SSSR count). The van der Waals surface area contributed by atoms with Gasteiger partial charge in [-0.15, -0.1) is 5.06 Å². The van der Waals surface area contributed by atoms with Crippen molar-refractivity contribution >= 4 is 35.2 Å². The Morgan fingerprint density at radius 3 is 2.47 bits per heavy atom. The van der Waals surface area contributed by atoms with Crippen molar-refractivity contribution in [2.75, 3.05) is 5.06 Å². The van der Waals surface area contributed by atoms with E-state index in [0.717, 1.165) is 5.06 Å². The SMILES string of the molecule is NC1=NOC(=O)C(=O)ON1c1ccc(Cl)cc1. The molecule has 0 radical (unpaired) electrons. The largest absolute Gasteiger partial charge is 0.445 e. The molecule has 1 aliphatic heterocycles. The average molecular weight is 256 g/mol. The van der Waals surface area contributed by atoms with Gasteiger partial charge in [-0.3, -0.25) is 0 Å². The Hall–Kier alpha value is -2.28. The van der Waals surface area contributed by atoms with Crippen LogP contribution < -0.4 is 10.8 Å². The molecular formula is C9H6ClN3O4. The lowest BCUT2D eigenvalue weighted by Gasteiger charge is -2.17. The Bertz CT molecular complexity index is 499. The zero-order chi connectivity index (χ0) is 12.4. The molecule has 0 amide bonds. The first kappa shape index (κ1) is 11.2. The Kier molecular flexibility index (Phi) is 2.84. The van der Waals surface area contributed by atoms with E-state index in [4.69, 9.17) is 17.3 Å². The summed E-state index contributed by atoms with van der Waals surface area (Å²) in [7, 11) is 0. The van der Waals surface area contributed by atoms with E-state index >= 15 is 0 Å². The number of carbonyl (C=O) groups is 2. The number of hydrogen-bond donors (Lipinski definition) is 1.